The predicted octanol–water partition coefficient (Wildman–Crippen LogP) is 2.87. The lowest BCUT2D eigenvalue weighted by Gasteiger charge is -2.50. The highest BCUT2D eigenvalue weighted by Gasteiger charge is 2.64. The number of hydrogen-bond donors (Lipinski definition) is 2. The molecule has 4 rings (SSSR count). The molecule has 0 aliphatic carbocycles. The van der Waals surface area contributed by atoms with E-state index >= 15 is 0 Å². The molecule has 3 amide bonds. The van der Waals surface area contributed by atoms with Gasteiger partial charge in [-0.25, -0.2) is 0 Å². The summed E-state index contributed by atoms with van der Waals surface area (Å²) in [5.74, 6) is -1.78. The van der Waals surface area contributed by atoms with Gasteiger partial charge in [0.15, 0.2) is 6.61 Å². The number of hydrogen-bond acceptors (Lipinski definition) is 5. The summed E-state index contributed by atoms with van der Waals surface area (Å²) in [6.45, 7) is 0.00158. The number of rotatable bonds is 7. The molecule has 2 saturated heterocycles. The first-order valence-corrected chi connectivity index (χ1v) is 12.3. The fourth-order valence-corrected chi connectivity index (χ4v) is 5.73. The van der Waals surface area contributed by atoms with Crippen LogP contribution in [0.3, 0.4) is 0 Å². The molecule has 2 heterocycles. The highest BCUT2D eigenvalue weighted by Crippen LogP contribution is 2.52. The number of carbonyl (C=O) groups excluding carboxylic acids is 3. The molecule has 38 heavy (non-hydrogen) atoms. The number of para-hydroxylation sites is 1. The monoisotopic (exact) mass is 533 g/mol. The Morgan fingerprint density at radius 2 is 1.71 bits per heavy atom. The van der Waals surface area contributed by atoms with Crippen molar-refractivity contribution in [1.29, 1.82) is 0 Å². The van der Waals surface area contributed by atoms with Gasteiger partial charge in [0, 0.05) is 44.6 Å². The van der Waals surface area contributed by atoms with Gasteiger partial charge in [0.25, 0.3) is 17.4 Å². The van der Waals surface area contributed by atoms with Crippen LogP contribution >= 0.6 is 0 Å². The van der Waals surface area contributed by atoms with E-state index in [2.05, 4.69) is 5.32 Å². The Balaban J connectivity index is 1.62. The summed E-state index contributed by atoms with van der Waals surface area (Å²) in [6, 6.07) is 14.0. The number of likely N-dealkylation sites (tertiary alicyclic amines) is 1. The van der Waals surface area contributed by atoms with Crippen molar-refractivity contribution in [3.8, 4) is 5.75 Å². The molecular weight excluding hydrogens is 503 g/mol. The van der Waals surface area contributed by atoms with E-state index in [0.717, 1.165) is 12.7 Å². The molecule has 0 saturated carbocycles. The van der Waals surface area contributed by atoms with Gasteiger partial charge in [-0.2, -0.15) is 13.2 Å². The van der Waals surface area contributed by atoms with Gasteiger partial charge >= 0.3 is 6.18 Å². The van der Waals surface area contributed by atoms with E-state index in [1.165, 1.54) is 29.2 Å². The molecule has 8 nitrogen and oxygen atoms in total. The van der Waals surface area contributed by atoms with E-state index in [4.69, 9.17) is 15.2 Å². The standard InChI is InChI=1S/C27H30F3N3O5/c1-37-26(27(28,29)30,18-7-3-2-4-8-18)24(36)33-13-11-25(12-14-33)15-23(35)32-16-20(25)19-9-5-6-10-21(19)38-17-22(31)34/h2-10,20H,11-17H2,1H3,(H2,31,34)(H,32,35)/t20?,26-/m1/s1. The number of benzene rings is 2. The summed E-state index contributed by atoms with van der Waals surface area (Å²) in [7, 11) is 0.883. The van der Waals surface area contributed by atoms with E-state index in [-0.39, 0.29) is 50.1 Å². The summed E-state index contributed by atoms with van der Waals surface area (Å²) in [6.07, 6.45) is -4.25. The summed E-state index contributed by atoms with van der Waals surface area (Å²) in [5.41, 5.74) is 1.94. The first-order valence-electron chi connectivity index (χ1n) is 12.3. The van der Waals surface area contributed by atoms with Gasteiger partial charge in [-0.3, -0.25) is 14.4 Å². The van der Waals surface area contributed by atoms with Crippen LogP contribution in [0.15, 0.2) is 54.6 Å². The van der Waals surface area contributed by atoms with Crippen molar-refractivity contribution in [1.82, 2.24) is 10.2 Å². The molecule has 0 radical (unpaired) electrons. The Labute approximate surface area is 218 Å². The molecule has 2 aliphatic heterocycles. The van der Waals surface area contributed by atoms with Crippen LogP contribution in [0.1, 0.15) is 36.3 Å². The molecule has 2 fully saturated rings. The minimum Gasteiger partial charge on any atom is -0.483 e. The number of primary amides is 1. The van der Waals surface area contributed by atoms with Crippen LogP contribution in [0.4, 0.5) is 13.2 Å². The van der Waals surface area contributed by atoms with Crippen molar-refractivity contribution in [2.45, 2.75) is 37.0 Å². The van der Waals surface area contributed by atoms with Gasteiger partial charge in [0.2, 0.25) is 5.91 Å². The lowest BCUT2D eigenvalue weighted by Crippen LogP contribution is -2.60. The fraction of sp³-hybridized carbons (Fsp3) is 0.444. The van der Waals surface area contributed by atoms with Crippen molar-refractivity contribution < 1.29 is 37.0 Å². The van der Waals surface area contributed by atoms with E-state index in [1.807, 2.05) is 12.1 Å². The summed E-state index contributed by atoms with van der Waals surface area (Å²) in [4.78, 5) is 38.5. The summed E-state index contributed by atoms with van der Waals surface area (Å²) < 4.78 is 54.0. The average Bonchev–Trinajstić information content (AvgIpc) is 2.89. The Morgan fingerprint density at radius 1 is 1.08 bits per heavy atom. The highest BCUT2D eigenvalue weighted by molar-refractivity contribution is 5.88. The molecule has 11 heteroatoms. The Hall–Kier alpha value is -3.60. The second-order valence-electron chi connectivity index (χ2n) is 9.73. The van der Waals surface area contributed by atoms with E-state index in [0.29, 0.717) is 18.6 Å². The minimum atomic E-state index is -5.00. The molecule has 1 unspecified atom stereocenters. The van der Waals surface area contributed by atoms with Crippen LogP contribution in [0.5, 0.6) is 5.75 Å². The van der Waals surface area contributed by atoms with Crippen LogP contribution in [-0.2, 0) is 24.7 Å². The number of amides is 3. The van der Waals surface area contributed by atoms with Gasteiger partial charge in [-0.05, 0) is 29.9 Å². The smallest absolute Gasteiger partial charge is 0.430 e. The van der Waals surface area contributed by atoms with Crippen LogP contribution in [0.25, 0.3) is 0 Å². The lowest BCUT2D eigenvalue weighted by molar-refractivity contribution is -0.271. The third-order valence-corrected chi connectivity index (χ3v) is 7.65. The molecule has 0 bridgehead atoms. The van der Waals surface area contributed by atoms with Gasteiger partial charge in [0.1, 0.15) is 5.75 Å². The number of carbonyl (C=O) groups is 3. The SMILES string of the molecule is CO[C@@](C(=O)N1CCC2(CC1)CC(=O)NCC2c1ccccc1OCC(N)=O)(c1ccccc1)C(F)(F)F. The Kier molecular flexibility index (Phi) is 7.68. The zero-order valence-corrected chi connectivity index (χ0v) is 20.9. The molecule has 3 N–H and O–H groups in total. The van der Waals surface area contributed by atoms with Gasteiger partial charge in [-0.1, -0.05) is 48.5 Å². The molecule has 1 spiro atoms. The number of methoxy groups -OCH3 is 1. The first kappa shape index (κ1) is 27.4. The molecular formula is C27H30F3N3O5. The van der Waals surface area contributed by atoms with Gasteiger partial charge < -0.3 is 25.4 Å². The molecule has 2 aliphatic rings. The molecule has 2 aromatic carbocycles. The zero-order valence-electron chi connectivity index (χ0n) is 20.9. The predicted molar refractivity (Wildman–Crippen MR) is 131 cm³/mol. The maximum Gasteiger partial charge on any atom is 0.430 e. The van der Waals surface area contributed by atoms with E-state index in [9.17, 15) is 27.6 Å². The van der Waals surface area contributed by atoms with Crippen molar-refractivity contribution in [2.75, 3.05) is 33.4 Å². The number of nitrogens with two attached hydrogens (primary N) is 1. The topological polar surface area (TPSA) is 111 Å². The normalized spacial score (nSPS) is 20.9. The number of halogens is 3. The van der Waals surface area contributed by atoms with Crippen molar-refractivity contribution in [2.24, 2.45) is 11.1 Å². The minimum absolute atomic E-state index is 0.0148. The van der Waals surface area contributed by atoms with Crippen LogP contribution in [0.2, 0.25) is 0 Å². The Bertz CT molecular complexity index is 1180. The number of piperidine rings is 2. The van der Waals surface area contributed by atoms with Crippen molar-refractivity contribution >= 4 is 17.7 Å². The largest absolute Gasteiger partial charge is 0.483 e. The van der Waals surface area contributed by atoms with Crippen LogP contribution < -0.4 is 15.8 Å². The number of alkyl halides is 3. The quantitative estimate of drug-likeness (QED) is 0.569. The zero-order chi connectivity index (χ0) is 27.6. The van der Waals surface area contributed by atoms with E-state index < -0.39 is 29.0 Å². The second kappa shape index (κ2) is 10.6. The third-order valence-electron chi connectivity index (χ3n) is 7.65. The van der Waals surface area contributed by atoms with Gasteiger partial charge in [-0.15, -0.1) is 0 Å². The molecule has 204 valence electrons. The third kappa shape index (κ3) is 4.94. The van der Waals surface area contributed by atoms with E-state index in [1.54, 1.807) is 18.2 Å². The maximum atomic E-state index is 14.5. The number of ether oxygens (including phenoxy) is 2. The van der Waals surface area contributed by atoms with Crippen LogP contribution in [-0.4, -0.2) is 62.1 Å². The van der Waals surface area contributed by atoms with Gasteiger partial charge in [0.05, 0.1) is 0 Å². The molecule has 2 aromatic rings. The molecule has 0 aromatic heterocycles. The summed E-state index contributed by atoms with van der Waals surface area (Å²) >= 11 is 0. The maximum absolute atomic E-state index is 14.5. The summed E-state index contributed by atoms with van der Waals surface area (Å²) in [5, 5.41) is 2.87. The lowest BCUT2D eigenvalue weighted by atomic mass is 9.62. The number of nitrogens with one attached hydrogen (secondary N) is 1. The second-order valence-corrected chi connectivity index (χ2v) is 9.73. The first-order chi connectivity index (χ1) is 18.0. The highest BCUT2D eigenvalue weighted by atomic mass is 19.4. The van der Waals surface area contributed by atoms with Crippen molar-refractivity contribution in [3.05, 3.63) is 65.7 Å². The van der Waals surface area contributed by atoms with Crippen molar-refractivity contribution in [3.63, 3.8) is 0 Å². The van der Waals surface area contributed by atoms with Crippen LogP contribution in [0, 0.1) is 5.41 Å². The Morgan fingerprint density at radius 3 is 2.32 bits per heavy atom. The average molecular weight is 534 g/mol. The fourth-order valence-electron chi connectivity index (χ4n) is 5.73. The number of nitrogens with zero attached hydrogens (tertiary/aromatic N) is 1. The molecule has 2 atom stereocenters.